The molecule has 0 spiro atoms. The second-order valence-electron chi connectivity index (χ2n) is 5.79. The van der Waals surface area contributed by atoms with Crippen LogP contribution in [0.2, 0.25) is 0 Å². The highest BCUT2D eigenvalue weighted by atomic mass is 14.9. The number of anilines is 1. The summed E-state index contributed by atoms with van der Waals surface area (Å²) in [6, 6.07) is 13.6. The summed E-state index contributed by atoms with van der Waals surface area (Å²) in [5, 5.41) is 3.66. The number of aryl methyl sites for hydroxylation is 1. The maximum absolute atomic E-state index is 4.21. The van der Waals surface area contributed by atoms with E-state index in [2.05, 4.69) is 53.6 Å². The summed E-state index contributed by atoms with van der Waals surface area (Å²) >= 11 is 0. The highest BCUT2D eigenvalue weighted by Crippen LogP contribution is 2.34. The number of nitrogens with one attached hydrogen (secondary N) is 1. The van der Waals surface area contributed by atoms with Crippen LogP contribution in [0.1, 0.15) is 42.7 Å². The summed E-state index contributed by atoms with van der Waals surface area (Å²) in [6.45, 7) is 2.14. The van der Waals surface area contributed by atoms with Crippen LogP contribution in [0.15, 0.2) is 48.8 Å². The van der Waals surface area contributed by atoms with Gasteiger partial charge in [0, 0.05) is 12.2 Å². The minimum absolute atomic E-state index is 0.595. The molecular weight excluding hydrogens is 244 g/mol. The van der Waals surface area contributed by atoms with Crippen molar-refractivity contribution < 1.29 is 0 Å². The highest BCUT2D eigenvalue weighted by molar-refractivity contribution is 5.48. The molecule has 1 aliphatic rings. The number of rotatable bonds is 3. The molecule has 1 aromatic carbocycles. The fourth-order valence-electron chi connectivity index (χ4n) is 3.13. The van der Waals surface area contributed by atoms with Gasteiger partial charge in [-0.2, -0.15) is 0 Å². The lowest BCUT2D eigenvalue weighted by atomic mass is 9.81. The Morgan fingerprint density at radius 2 is 1.75 bits per heavy atom. The van der Waals surface area contributed by atoms with E-state index in [1.807, 2.05) is 12.4 Å². The number of benzene rings is 1. The maximum Gasteiger partial charge on any atom is 0.0558 e. The zero-order chi connectivity index (χ0) is 13.8. The highest BCUT2D eigenvalue weighted by Gasteiger charge is 2.22. The lowest BCUT2D eigenvalue weighted by molar-refractivity contribution is 0.412. The van der Waals surface area contributed by atoms with Crippen LogP contribution in [-0.2, 0) is 0 Å². The minimum atomic E-state index is 0.595. The predicted molar refractivity (Wildman–Crippen MR) is 84.0 cm³/mol. The molecule has 1 aliphatic carbocycles. The van der Waals surface area contributed by atoms with Crippen LogP contribution in [0.4, 0.5) is 5.69 Å². The van der Waals surface area contributed by atoms with E-state index in [0.29, 0.717) is 6.04 Å². The van der Waals surface area contributed by atoms with Gasteiger partial charge in [0.05, 0.1) is 11.9 Å². The van der Waals surface area contributed by atoms with Gasteiger partial charge < -0.3 is 5.32 Å². The maximum atomic E-state index is 4.21. The van der Waals surface area contributed by atoms with Crippen LogP contribution in [0, 0.1) is 6.92 Å². The quantitative estimate of drug-likeness (QED) is 0.883. The zero-order valence-electron chi connectivity index (χ0n) is 12.0. The summed E-state index contributed by atoms with van der Waals surface area (Å²) in [5.41, 5.74) is 3.98. The monoisotopic (exact) mass is 266 g/mol. The molecule has 2 heteroatoms. The van der Waals surface area contributed by atoms with E-state index in [4.69, 9.17) is 0 Å². The van der Waals surface area contributed by atoms with Crippen LogP contribution in [0.25, 0.3) is 0 Å². The van der Waals surface area contributed by atoms with Crippen LogP contribution in [-0.4, -0.2) is 11.0 Å². The van der Waals surface area contributed by atoms with E-state index in [-0.39, 0.29) is 0 Å². The first-order chi connectivity index (χ1) is 9.83. The number of hydrogen-bond donors (Lipinski definition) is 1. The van der Waals surface area contributed by atoms with E-state index >= 15 is 0 Å². The standard InChI is InChI=1S/C18H22N2/c1-14-11-12-19-13-18(14)20-17-9-7-16(8-10-17)15-5-3-2-4-6-15/h2-6,11-13,16-17,20H,7-10H2,1H3. The van der Waals surface area contributed by atoms with E-state index < -0.39 is 0 Å². The van der Waals surface area contributed by atoms with Gasteiger partial charge in [0.1, 0.15) is 0 Å². The second kappa shape index (κ2) is 6.08. The summed E-state index contributed by atoms with van der Waals surface area (Å²) in [4.78, 5) is 4.21. The average molecular weight is 266 g/mol. The number of pyridine rings is 1. The van der Waals surface area contributed by atoms with E-state index in [0.717, 1.165) is 5.92 Å². The van der Waals surface area contributed by atoms with Gasteiger partial charge in [0.15, 0.2) is 0 Å². The Kier molecular flexibility index (Phi) is 4.00. The largest absolute Gasteiger partial charge is 0.381 e. The molecule has 3 rings (SSSR count). The first-order valence-electron chi connectivity index (χ1n) is 7.55. The summed E-state index contributed by atoms with van der Waals surface area (Å²) < 4.78 is 0. The summed E-state index contributed by atoms with van der Waals surface area (Å²) in [6.07, 6.45) is 8.84. The summed E-state index contributed by atoms with van der Waals surface area (Å²) in [5.74, 6) is 0.740. The van der Waals surface area contributed by atoms with Crippen molar-refractivity contribution in [1.29, 1.82) is 0 Å². The molecule has 0 saturated heterocycles. The van der Waals surface area contributed by atoms with Crippen molar-refractivity contribution in [2.24, 2.45) is 0 Å². The van der Waals surface area contributed by atoms with Crippen molar-refractivity contribution >= 4 is 5.69 Å². The lowest BCUT2D eigenvalue weighted by Gasteiger charge is -2.30. The second-order valence-corrected chi connectivity index (χ2v) is 5.79. The van der Waals surface area contributed by atoms with Gasteiger partial charge in [0.25, 0.3) is 0 Å². The Morgan fingerprint density at radius 1 is 1.00 bits per heavy atom. The van der Waals surface area contributed by atoms with Crippen molar-refractivity contribution in [3.05, 3.63) is 59.9 Å². The molecular formula is C18H22N2. The van der Waals surface area contributed by atoms with Crippen molar-refractivity contribution in [1.82, 2.24) is 4.98 Å². The molecule has 1 fully saturated rings. The lowest BCUT2D eigenvalue weighted by Crippen LogP contribution is -2.25. The topological polar surface area (TPSA) is 24.9 Å². The van der Waals surface area contributed by atoms with Gasteiger partial charge in [-0.25, -0.2) is 0 Å². The molecule has 2 nitrogen and oxygen atoms in total. The Hall–Kier alpha value is -1.83. The number of hydrogen-bond acceptors (Lipinski definition) is 2. The third-order valence-corrected chi connectivity index (χ3v) is 4.40. The van der Waals surface area contributed by atoms with Crippen LogP contribution in [0.3, 0.4) is 0 Å². The molecule has 0 unspecified atom stereocenters. The zero-order valence-corrected chi connectivity index (χ0v) is 12.0. The van der Waals surface area contributed by atoms with E-state index in [1.165, 1.54) is 42.5 Å². The Labute approximate surface area is 121 Å². The molecule has 104 valence electrons. The molecule has 0 radical (unpaired) electrons. The minimum Gasteiger partial charge on any atom is -0.381 e. The van der Waals surface area contributed by atoms with E-state index in [1.54, 1.807) is 0 Å². The Morgan fingerprint density at radius 3 is 2.45 bits per heavy atom. The molecule has 0 amide bonds. The van der Waals surface area contributed by atoms with Gasteiger partial charge in [-0.3, -0.25) is 4.98 Å². The average Bonchev–Trinajstić information content (AvgIpc) is 2.51. The third-order valence-electron chi connectivity index (χ3n) is 4.40. The summed E-state index contributed by atoms with van der Waals surface area (Å²) in [7, 11) is 0. The van der Waals surface area contributed by atoms with Crippen LogP contribution >= 0.6 is 0 Å². The van der Waals surface area contributed by atoms with Crippen LogP contribution in [0.5, 0.6) is 0 Å². The molecule has 0 atom stereocenters. The predicted octanol–water partition coefficient (Wildman–Crippen LogP) is 4.53. The van der Waals surface area contributed by atoms with Gasteiger partial charge in [0.2, 0.25) is 0 Å². The van der Waals surface area contributed by atoms with Gasteiger partial charge in [-0.1, -0.05) is 30.3 Å². The normalized spacial score (nSPS) is 22.4. The SMILES string of the molecule is Cc1ccncc1NC1CCC(c2ccccc2)CC1. The molecule has 1 saturated carbocycles. The fourth-order valence-corrected chi connectivity index (χ4v) is 3.13. The van der Waals surface area contributed by atoms with Gasteiger partial charge in [-0.15, -0.1) is 0 Å². The smallest absolute Gasteiger partial charge is 0.0558 e. The molecule has 1 heterocycles. The number of aromatic nitrogens is 1. The van der Waals surface area contributed by atoms with Gasteiger partial charge >= 0.3 is 0 Å². The fraction of sp³-hybridized carbons (Fsp3) is 0.389. The molecule has 1 aromatic heterocycles. The van der Waals surface area contributed by atoms with Crippen molar-refractivity contribution in [3.63, 3.8) is 0 Å². The van der Waals surface area contributed by atoms with E-state index in [9.17, 15) is 0 Å². The Bertz CT molecular complexity index is 542. The van der Waals surface area contributed by atoms with Crippen molar-refractivity contribution in [2.45, 2.75) is 44.6 Å². The first kappa shape index (κ1) is 13.2. The molecule has 0 bridgehead atoms. The molecule has 2 aromatic rings. The Balaban J connectivity index is 1.58. The van der Waals surface area contributed by atoms with Crippen molar-refractivity contribution in [3.8, 4) is 0 Å². The molecule has 20 heavy (non-hydrogen) atoms. The number of nitrogens with zero attached hydrogens (tertiary/aromatic N) is 1. The van der Waals surface area contributed by atoms with Gasteiger partial charge in [-0.05, 0) is 55.7 Å². The molecule has 1 N–H and O–H groups in total. The van der Waals surface area contributed by atoms with Crippen LogP contribution < -0.4 is 5.32 Å². The van der Waals surface area contributed by atoms with Crippen molar-refractivity contribution in [2.75, 3.05) is 5.32 Å². The first-order valence-corrected chi connectivity index (χ1v) is 7.55. The third kappa shape index (κ3) is 3.01. The molecule has 0 aliphatic heterocycles.